The lowest BCUT2D eigenvalue weighted by atomic mass is 10.0. The Labute approximate surface area is 95.0 Å². The molecule has 1 aromatic rings. The molecular weight excluding hydrogens is 202 g/mol. The molecule has 0 spiro atoms. The third kappa shape index (κ3) is 3.25. The first-order valence-electron chi connectivity index (χ1n) is 4.91. The Bertz CT molecular complexity index is 455. The number of methoxy groups -OCH3 is 1. The predicted octanol–water partition coefficient (Wildman–Crippen LogP) is 2.44. The van der Waals surface area contributed by atoms with Crippen molar-refractivity contribution in [3.05, 3.63) is 41.0 Å². The van der Waals surface area contributed by atoms with Crippen molar-refractivity contribution in [2.45, 2.75) is 13.3 Å². The second kappa shape index (κ2) is 5.72. The number of aryl methyl sites for hydroxylation is 1. The largest absolute Gasteiger partial charge is 0.469 e. The van der Waals surface area contributed by atoms with E-state index in [2.05, 4.69) is 10.8 Å². The van der Waals surface area contributed by atoms with Gasteiger partial charge in [-0.15, -0.1) is 0 Å². The number of esters is 1. The summed E-state index contributed by atoms with van der Waals surface area (Å²) < 4.78 is 4.52. The maximum Gasteiger partial charge on any atom is 0.309 e. The quantitative estimate of drug-likeness (QED) is 0.727. The molecule has 0 aliphatic heterocycles. The van der Waals surface area contributed by atoms with E-state index in [1.807, 2.05) is 19.1 Å². The second-order valence-corrected chi connectivity index (χ2v) is 3.37. The third-order valence-corrected chi connectivity index (χ3v) is 2.22. The Morgan fingerprint density at radius 3 is 2.94 bits per heavy atom. The van der Waals surface area contributed by atoms with E-state index in [0.717, 1.165) is 11.1 Å². The monoisotopic (exact) mass is 215 g/mol. The van der Waals surface area contributed by atoms with Crippen LogP contribution in [-0.2, 0) is 9.53 Å². The van der Waals surface area contributed by atoms with Crippen molar-refractivity contribution in [1.82, 2.24) is 0 Å². The molecular formula is C13H13NO2. The summed E-state index contributed by atoms with van der Waals surface area (Å²) in [5.41, 5.74) is 2.63. The van der Waals surface area contributed by atoms with Gasteiger partial charge in [-0.05, 0) is 30.2 Å². The molecule has 3 nitrogen and oxygen atoms in total. The van der Waals surface area contributed by atoms with Gasteiger partial charge >= 0.3 is 5.97 Å². The Kier molecular flexibility index (Phi) is 4.28. The van der Waals surface area contributed by atoms with E-state index in [1.54, 1.807) is 18.2 Å². The van der Waals surface area contributed by atoms with Crippen molar-refractivity contribution in [1.29, 1.82) is 5.26 Å². The van der Waals surface area contributed by atoms with Crippen molar-refractivity contribution < 1.29 is 9.53 Å². The smallest absolute Gasteiger partial charge is 0.309 e. The van der Waals surface area contributed by atoms with Crippen molar-refractivity contribution in [3.8, 4) is 6.07 Å². The summed E-state index contributed by atoms with van der Waals surface area (Å²) >= 11 is 0. The van der Waals surface area contributed by atoms with Crippen LogP contribution >= 0.6 is 0 Å². The van der Waals surface area contributed by atoms with Gasteiger partial charge in [0.2, 0.25) is 0 Å². The van der Waals surface area contributed by atoms with Gasteiger partial charge in [0.15, 0.2) is 0 Å². The topological polar surface area (TPSA) is 50.1 Å². The first-order valence-corrected chi connectivity index (χ1v) is 4.91. The molecule has 0 aromatic heterocycles. The van der Waals surface area contributed by atoms with E-state index >= 15 is 0 Å². The molecule has 16 heavy (non-hydrogen) atoms. The minimum Gasteiger partial charge on any atom is -0.469 e. The molecule has 0 aliphatic rings. The molecule has 0 bridgehead atoms. The summed E-state index contributed by atoms with van der Waals surface area (Å²) in [6.07, 6.45) is 3.80. The standard InChI is InChI=1S/C13H13NO2/c1-10-6-7-11(9-14)8-12(10)4-3-5-13(15)16-2/h3-4,6-8H,5H2,1-2H3. The van der Waals surface area contributed by atoms with Crippen LogP contribution in [0.25, 0.3) is 6.08 Å². The Morgan fingerprint density at radius 1 is 1.56 bits per heavy atom. The van der Waals surface area contributed by atoms with Crippen molar-refractivity contribution in [3.63, 3.8) is 0 Å². The van der Waals surface area contributed by atoms with Crippen LogP contribution in [0.5, 0.6) is 0 Å². The number of ether oxygens (including phenoxy) is 1. The molecule has 1 rings (SSSR count). The molecule has 1 aromatic carbocycles. The van der Waals surface area contributed by atoms with Gasteiger partial charge < -0.3 is 4.74 Å². The fourth-order valence-corrected chi connectivity index (χ4v) is 1.26. The molecule has 0 radical (unpaired) electrons. The van der Waals surface area contributed by atoms with Gasteiger partial charge in [-0.2, -0.15) is 5.26 Å². The first-order chi connectivity index (χ1) is 7.67. The normalized spacial score (nSPS) is 10.1. The van der Waals surface area contributed by atoms with Crippen molar-refractivity contribution in [2.75, 3.05) is 7.11 Å². The van der Waals surface area contributed by atoms with Gasteiger partial charge in [0, 0.05) is 0 Å². The maximum absolute atomic E-state index is 10.9. The number of nitrogens with zero attached hydrogens (tertiary/aromatic N) is 1. The van der Waals surface area contributed by atoms with Gasteiger partial charge in [-0.3, -0.25) is 4.79 Å². The van der Waals surface area contributed by atoms with Crippen LogP contribution in [-0.4, -0.2) is 13.1 Å². The highest BCUT2D eigenvalue weighted by molar-refractivity contribution is 5.72. The summed E-state index contributed by atoms with van der Waals surface area (Å²) in [6.45, 7) is 1.96. The highest BCUT2D eigenvalue weighted by Gasteiger charge is 1.98. The number of rotatable bonds is 3. The number of nitriles is 1. The third-order valence-electron chi connectivity index (χ3n) is 2.22. The Hall–Kier alpha value is -2.08. The number of benzene rings is 1. The number of hydrogen-bond acceptors (Lipinski definition) is 3. The lowest BCUT2D eigenvalue weighted by Gasteiger charge is -2.00. The van der Waals surface area contributed by atoms with Crippen LogP contribution in [0.4, 0.5) is 0 Å². The summed E-state index contributed by atoms with van der Waals surface area (Å²) in [5, 5.41) is 8.76. The van der Waals surface area contributed by atoms with E-state index < -0.39 is 0 Å². The summed E-state index contributed by atoms with van der Waals surface area (Å²) in [5.74, 6) is -0.273. The van der Waals surface area contributed by atoms with Crippen LogP contribution in [0.3, 0.4) is 0 Å². The Morgan fingerprint density at radius 2 is 2.31 bits per heavy atom. The summed E-state index contributed by atoms with van der Waals surface area (Å²) in [7, 11) is 1.36. The van der Waals surface area contributed by atoms with Crippen LogP contribution in [0.2, 0.25) is 0 Å². The molecule has 0 atom stereocenters. The van der Waals surface area contributed by atoms with E-state index in [1.165, 1.54) is 7.11 Å². The Balaban J connectivity index is 2.80. The fraction of sp³-hybridized carbons (Fsp3) is 0.231. The summed E-state index contributed by atoms with van der Waals surface area (Å²) in [4.78, 5) is 10.9. The lowest BCUT2D eigenvalue weighted by Crippen LogP contribution is -1.96. The zero-order valence-electron chi connectivity index (χ0n) is 9.36. The zero-order valence-corrected chi connectivity index (χ0v) is 9.36. The van der Waals surface area contributed by atoms with E-state index in [9.17, 15) is 4.79 Å². The first kappa shape index (κ1) is 12.0. The van der Waals surface area contributed by atoms with Gasteiger partial charge in [0.25, 0.3) is 0 Å². The lowest BCUT2D eigenvalue weighted by molar-refractivity contribution is -0.139. The number of carbonyl (C=O) groups excluding carboxylic acids is 1. The van der Waals surface area contributed by atoms with Gasteiger partial charge in [-0.25, -0.2) is 0 Å². The van der Waals surface area contributed by atoms with Gasteiger partial charge in [0.1, 0.15) is 0 Å². The van der Waals surface area contributed by atoms with Gasteiger partial charge in [0.05, 0.1) is 25.2 Å². The highest BCUT2D eigenvalue weighted by atomic mass is 16.5. The van der Waals surface area contributed by atoms with E-state index in [-0.39, 0.29) is 12.4 Å². The molecule has 0 fully saturated rings. The van der Waals surface area contributed by atoms with Crippen LogP contribution in [0.15, 0.2) is 24.3 Å². The van der Waals surface area contributed by atoms with Crippen LogP contribution in [0.1, 0.15) is 23.1 Å². The van der Waals surface area contributed by atoms with E-state index in [0.29, 0.717) is 5.56 Å². The SMILES string of the molecule is COC(=O)CC=Cc1cc(C#N)ccc1C. The molecule has 0 saturated heterocycles. The van der Waals surface area contributed by atoms with Crippen molar-refractivity contribution in [2.24, 2.45) is 0 Å². The van der Waals surface area contributed by atoms with Gasteiger partial charge in [-0.1, -0.05) is 18.2 Å². The minimum atomic E-state index is -0.273. The molecule has 0 amide bonds. The second-order valence-electron chi connectivity index (χ2n) is 3.37. The molecule has 82 valence electrons. The highest BCUT2D eigenvalue weighted by Crippen LogP contribution is 2.12. The van der Waals surface area contributed by atoms with Crippen LogP contribution < -0.4 is 0 Å². The molecule has 0 heterocycles. The average Bonchev–Trinajstić information content (AvgIpc) is 2.31. The molecule has 0 unspecified atom stereocenters. The molecule has 0 aliphatic carbocycles. The van der Waals surface area contributed by atoms with Crippen LogP contribution in [0, 0.1) is 18.3 Å². The van der Waals surface area contributed by atoms with E-state index in [4.69, 9.17) is 5.26 Å². The molecule has 3 heteroatoms. The molecule has 0 saturated carbocycles. The molecule has 0 N–H and O–H groups in total. The average molecular weight is 215 g/mol. The summed E-state index contributed by atoms with van der Waals surface area (Å²) in [6, 6.07) is 7.53. The minimum absolute atomic E-state index is 0.243. The predicted molar refractivity (Wildman–Crippen MR) is 61.6 cm³/mol. The zero-order chi connectivity index (χ0) is 12.0. The fourth-order valence-electron chi connectivity index (χ4n) is 1.26. The number of hydrogen-bond donors (Lipinski definition) is 0. The number of carbonyl (C=O) groups is 1. The van der Waals surface area contributed by atoms with Crippen molar-refractivity contribution >= 4 is 12.0 Å². The maximum atomic E-state index is 10.9.